The summed E-state index contributed by atoms with van der Waals surface area (Å²) in [7, 11) is 4.52. The third-order valence-electron chi connectivity index (χ3n) is 6.77. The number of pyridine rings is 3. The number of carbonyl (C=O) groups excluding carboxylic acids is 1. The molecule has 43 heavy (non-hydrogen) atoms. The van der Waals surface area contributed by atoms with E-state index < -0.39 is 17.2 Å². The van der Waals surface area contributed by atoms with Crippen LogP contribution in [0, 0.1) is 5.82 Å². The summed E-state index contributed by atoms with van der Waals surface area (Å²) in [5, 5.41) is 3.35. The van der Waals surface area contributed by atoms with Crippen LogP contribution >= 0.6 is 0 Å². The van der Waals surface area contributed by atoms with Gasteiger partial charge in [-0.15, -0.1) is 0 Å². The largest absolute Gasteiger partial charge is 0.497 e. The molecule has 0 saturated heterocycles. The lowest BCUT2D eigenvalue weighted by Gasteiger charge is -2.16. The van der Waals surface area contributed by atoms with E-state index in [1.54, 1.807) is 61.4 Å². The molecule has 11 heteroatoms. The van der Waals surface area contributed by atoms with Gasteiger partial charge in [0.2, 0.25) is 5.43 Å². The molecule has 0 unspecified atom stereocenters. The van der Waals surface area contributed by atoms with Gasteiger partial charge in [0.25, 0.3) is 5.91 Å². The fourth-order valence-electron chi connectivity index (χ4n) is 4.45. The molecule has 5 aromatic rings. The average molecular weight is 585 g/mol. The maximum atomic E-state index is 14.9. The van der Waals surface area contributed by atoms with Crippen molar-refractivity contribution in [3.63, 3.8) is 0 Å². The Balaban J connectivity index is 1.40. The van der Waals surface area contributed by atoms with Crippen LogP contribution in [0.3, 0.4) is 0 Å². The van der Waals surface area contributed by atoms with Crippen molar-refractivity contribution in [1.82, 2.24) is 14.5 Å². The van der Waals surface area contributed by atoms with Crippen LogP contribution in [-0.2, 0) is 0 Å². The summed E-state index contributed by atoms with van der Waals surface area (Å²) in [5.74, 6) is 1.18. The summed E-state index contributed by atoms with van der Waals surface area (Å²) in [4.78, 5) is 35.3. The lowest BCUT2D eigenvalue weighted by molar-refractivity contribution is 0.102. The van der Waals surface area contributed by atoms with E-state index in [1.165, 1.54) is 37.8 Å². The van der Waals surface area contributed by atoms with Crippen LogP contribution in [0.1, 0.15) is 30.2 Å². The Morgan fingerprint density at radius 2 is 1.60 bits per heavy atom. The van der Waals surface area contributed by atoms with Gasteiger partial charge >= 0.3 is 0 Å². The minimum Gasteiger partial charge on any atom is -0.497 e. The molecule has 3 aromatic heterocycles. The third-order valence-corrected chi connectivity index (χ3v) is 6.77. The number of rotatable bonds is 9. The first-order chi connectivity index (χ1) is 20.7. The molecule has 0 atom stereocenters. The predicted octanol–water partition coefficient (Wildman–Crippen LogP) is 6.25. The number of amides is 1. The SMILES string of the molecule is COc1ccc(-c2cn(C(C)C)cc(C(=O)Nc3ccc(Oc4ccnc5cc(OC)c(OC)cc45)cn3)c2=O)c(F)c1. The molecule has 220 valence electrons. The monoisotopic (exact) mass is 584 g/mol. The number of ether oxygens (including phenoxy) is 4. The lowest BCUT2D eigenvalue weighted by Crippen LogP contribution is -2.25. The highest BCUT2D eigenvalue weighted by atomic mass is 19.1. The fourth-order valence-corrected chi connectivity index (χ4v) is 4.45. The maximum Gasteiger partial charge on any atom is 0.262 e. The van der Waals surface area contributed by atoms with Gasteiger partial charge < -0.3 is 28.8 Å². The van der Waals surface area contributed by atoms with E-state index >= 15 is 0 Å². The normalized spacial score (nSPS) is 11.0. The number of benzene rings is 2. The quantitative estimate of drug-likeness (QED) is 0.216. The molecule has 0 fully saturated rings. The molecule has 0 aliphatic heterocycles. The smallest absolute Gasteiger partial charge is 0.262 e. The highest BCUT2D eigenvalue weighted by Crippen LogP contribution is 2.37. The number of hydrogen-bond donors (Lipinski definition) is 1. The number of carbonyl (C=O) groups is 1. The molecule has 1 amide bonds. The molecule has 2 aromatic carbocycles. The summed E-state index contributed by atoms with van der Waals surface area (Å²) < 4.78 is 38.5. The van der Waals surface area contributed by atoms with Crippen molar-refractivity contribution in [2.24, 2.45) is 0 Å². The molecule has 0 aliphatic carbocycles. The minimum atomic E-state index is -0.683. The van der Waals surface area contributed by atoms with Gasteiger partial charge in [0, 0.05) is 53.3 Å². The first kappa shape index (κ1) is 29.1. The van der Waals surface area contributed by atoms with Crippen molar-refractivity contribution in [2.75, 3.05) is 26.6 Å². The molecule has 0 saturated carbocycles. The number of nitrogens with zero attached hydrogens (tertiary/aromatic N) is 3. The van der Waals surface area contributed by atoms with Crippen LogP contribution in [-0.4, -0.2) is 41.8 Å². The molecule has 0 aliphatic rings. The number of anilines is 1. The van der Waals surface area contributed by atoms with Gasteiger partial charge in [0.1, 0.15) is 34.4 Å². The highest BCUT2D eigenvalue weighted by molar-refractivity contribution is 6.04. The van der Waals surface area contributed by atoms with Crippen molar-refractivity contribution in [2.45, 2.75) is 19.9 Å². The zero-order valence-corrected chi connectivity index (χ0v) is 24.2. The van der Waals surface area contributed by atoms with Crippen LogP contribution in [0.4, 0.5) is 10.2 Å². The number of hydrogen-bond acceptors (Lipinski definition) is 8. The maximum absolute atomic E-state index is 14.9. The average Bonchev–Trinajstić information content (AvgIpc) is 3.01. The molecule has 5 rings (SSSR count). The van der Waals surface area contributed by atoms with Crippen LogP contribution in [0.5, 0.6) is 28.7 Å². The molecule has 0 spiro atoms. The number of methoxy groups -OCH3 is 3. The van der Waals surface area contributed by atoms with Crippen molar-refractivity contribution < 1.29 is 28.1 Å². The Hall–Kier alpha value is -5.45. The Labute approximate surface area is 246 Å². The predicted molar refractivity (Wildman–Crippen MR) is 160 cm³/mol. The van der Waals surface area contributed by atoms with Gasteiger partial charge in [-0.3, -0.25) is 14.6 Å². The Kier molecular flexibility index (Phi) is 8.24. The van der Waals surface area contributed by atoms with Gasteiger partial charge in [0.15, 0.2) is 11.5 Å². The Morgan fingerprint density at radius 1 is 0.860 bits per heavy atom. The van der Waals surface area contributed by atoms with E-state index in [4.69, 9.17) is 18.9 Å². The molecular formula is C32H29FN4O6. The number of aromatic nitrogens is 3. The first-order valence-corrected chi connectivity index (χ1v) is 13.3. The van der Waals surface area contributed by atoms with Crippen molar-refractivity contribution in [1.29, 1.82) is 0 Å². The van der Waals surface area contributed by atoms with E-state index in [2.05, 4.69) is 15.3 Å². The minimum absolute atomic E-state index is 0.0528. The summed E-state index contributed by atoms with van der Waals surface area (Å²) in [5.41, 5.74) is -0.00627. The first-order valence-electron chi connectivity index (χ1n) is 13.3. The zero-order chi connectivity index (χ0) is 30.7. The molecular weight excluding hydrogens is 555 g/mol. The van der Waals surface area contributed by atoms with Crippen LogP contribution in [0.2, 0.25) is 0 Å². The van der Waals surface area contributed by atoms with E-state index in [1.807, 2.05) is 13.8 Å². The molecule has 0 radical (unpaired) electrons. The molecule has 1 N–H and O–H groups in total. The summed E-state index contributed by atoms with van der Waals surface area (Å²) >= 11 is 0. The Morgan fingerprint density at radius 3 is 2.26 bits per heavy atom. The van der Waals surface area contributed by atoms with Gasteiger partial charge in [0.05, 0.1) is 33.0 Å². The number of nitrogens with one attached hydrogen (secondary N) is 1. The molecule has 0 bridgehead atoms. The van der Waals surface area contributed by atoms with Gasteiger partial charge in [-0.2, -0.15) is 0 Å². The summed E-state index contributed by atoms with van der Waals surface area (Å²) in [6, 6.07) is 12.5. The highest BCUT2D eigenvalue weighted by Gasteiger charge is 2.20. The summed E-state index contributed by atoms with van der Waals surface area (Å²) in [6.45, 7) is 3.78. The van der Waals surface area contributed by atoms with E-state index in [0.29, 0.717) is 39.7 Å². The van der Waals surface area contributed by atoms with Gasteiger partial charge in [-0.1, -0.05) is 0 Å². The topological polar surface area (TPSA) is 114 Å². The number of halogens is 1. The second kappa shape index (κ2) is 12.2. The fraction of sp³-hybridized carbons (Fsp3) is 0.188. The van der Waals surface area contributed by atoms with E-state index in [-0.39, 0.29) is 28.6 Å². The molecule has 3 heterocycles. The lowest BCUT2D eigenvalue weighted by atomic mass is 10.0. The van der Waals surface area contributed by atoms with Crippen molar-refractivity contribution >= 4 is 22.6 Å². The van der Waals surface area contributed by atoms with Gasteiger partial charge in [-0.25, -0.2) is 9.37 Å². The summed E-state index contributed by atoms with van der Waals surface area (Å²) in [6.07, 6.45) is 6.04. The van der Waals surface area contributed by atoms with E-state index in [0.717, 1.165) is 0 Å². The standard InChI is InChI=1S/C32H29FN4O6/c1-18(2)37-16-23(21-8-6-19(40-3)12-25(21)33)31(38)24(17-37)32(39)36-30-9-7-20(15-35-30)43-27-10-11-34-26-14-29(42-5)28(41-4)13-22(26)27/h6-18H,1-5H3,(H,35,36,39). The third kappa shape index (κ3) is 5.96. The van der Waals surface area contributed by atoms with E-state index in [9.17, 15) is 14.0 Å². The van der Waals surface area contributed by atoms with Crippen molar-refractivity contribution in [3.8, 4) is 39.9 Å². The molecule has 10 nitrogen and oxygen atoms in total. The van der Waals surface area contributed by atoms with Crippen LogP contribution in [0.25, 0.3) is 22.0 Å². The Bertz CT molecular complexity index is 1870. The van der Waals surface area contributed by atoms with Crippen molar-refractivity contribution in [3.05, 3.63) is 94.9 Å². The van der Waals surface area contributed by atoms with Gasteiger partial charge in [-0.05, 0) is 50.2 Å². The second-order valence-electron chi connectivity index (χ2n) is 9.77. The van der Waals surface area contributed by atoms with Crippen LogP contribution < -0.4 is 29.7 Å². The number of fused-ring (bicyclic) bond motifs is 1. The zero-order valence-electron chi connectivity index (χ0n) is 24.2. The van der Waals surface area contributed by atoms with Crippen LogP contribution in [0.15, 0.2) is 78.1 Å². The second-order valence-corrected chi connectivity index (χ2v) is 9.77.